The van der Waals surface area contributed by atoms with Crippen molar-refractivity contribution in [2.75, 3.05) is 38.7 Å². The molecule has 0 aromatic heterocycles. The van der Waals surface area contributed by atoms with Crippen LogP contribution in [-0.4, -0.2) is 66.9 Å². The molecule has 0 spiro atoms. The van der Waals surface area contributed by atoms with Gasteiger partial charge in [-0.15, -0.1) is 0 Å². The van der Waals surface area contributed by atoms with E-state index in [1.54, 1.807) is 23.1 Å². The molecule has 1 N–H and O–H groups in total. The number of amides is 3. The van der Waals surface area contributed by atoms with E-state index in [9.17, 15) is 14.4 Å². The molecule has 2 heterocycles. The van der Waals surface area contributed by atoms with Gasteiger partial charge in [-0.05, 0) is 18.2 Å². The Morgan fingerprint density at radius 2 is 2.17 bits per heavy atom. The van der Waals surface area contributed by atoms with Crippen LogP contribution < -0.4 is 5.32 Å². The molecule has 122 valence electrons. The number of anilines is 1. The Kier molecular flexibility index (Phi) is 4.23. The molecule has 2 aliphatic heterocycles. The first-order valence-electron chi connectivity index (χ1n) is 7.19. The van der Waals surface area contributed by atoms with Gasteiger partial charge < -0.3 is 19.9 Å². The third-order valence-electron chi connectivity index (χ3n) is 4.03. The predicted octanol–water partition coefficient (Wildman–Crippen LogP) is 0.591. The van der Waals surface area contributed by atoms with Crippen LogP contribution in [0.3, 0.4) is 0 Å². The van der Waals surface area contributed by atoms with Crippen molar-refractivity contribution in [3.63, 3.8) is 0 Å². The number of carbonyl (C=O) groups excluding carboxylic acids is 3. The van der Waals surface area contributed by atoms with Gasteiger partial charge in [-0.25, -0.2) is 0 Å². The van der Waals surface area contributed by atoms with Gasteiger partial charge >= 0.3 is 0 Å². The van der Waals surface area contributed by atoms with Crippen molar-refractivity contribution in [1.82, 2.24) is 9.80 Å². The van der Waals surface area contributed by atoms with E-state index in [0.29, 0.717) is 29.4 Å². The van der Waals surface area contributed by atoms with E-state index in [2.05, 4.69) is 5.32 Å². The molecule has 1 saturated heterocycles. The lowest BCUT2D eigenvalue weighted by molar-refractivity contribution is -0.139. The Hall–Kier alpha value is -2.12. The van der Waals surface area contributed by atoms with Crippen LogP contribution >= 0.6 is 11.6 Å². The third-order valence-corrected chi connectivity index (χ3v) is 4.27. The number of nitrogens with zero attached hydrogens (tertiary/aromatic N) is 2. The molecule has 8 heteroatoms. The average molecular weight is 338 g/mol. The van der Waals surface area contributed by atoms with Crippen LogP contribution in [0.25, 0.3) is 0 Å². The van der Waals surface area contributed by atoms with Crippen molar-refractivity contribution in [1.29, 1.82) is 0 Å². The predicted molar refractivity (Wildman–Crippen MR) is 83.4 cm³/mol. The minimum absolute atomic E-state index is 0.0435. The zero-order valence-corrected chi connectivity index (χ0v) is 13.3. The van der Waals surface area contributed by atoms with E-state index >= 15 is 0 Å². The van der Waals surface area contributed by atoms with Gasteiger partial charge in [0, 0.05) is 25.2 Å². The van der Waals surface area contributed by atoms with Crippen molar-refractivity contribution in [3.8, 4) is 0 Å². The number of nitrogens with one attached hydrogen (secondary N) is 1. The number of ether oxygens (including phenoxy) is 1. The van der Waals surface area contributed by atoms with E-state index in [0.717, 1.165) is 0 Å². The molecule has 1 aromatic rings. The highest BCUT2D eigenvalue weighted by atomic mass is 35.5. The summed E-state index contributed by atoms with van der Waals surface area (Å²) in [4.78, 5) is 40.2. The molecule has 3 rings (SSSR count). The number of hydrogen-bond donors (Lipinski definition) is 1. The summed E-state index contributed by atoms with van der Waals surface area (Å²) in [6.45, 7) is 0.786. The van der Waals surface area contributed by atoms with Crippen LogP contribution in [0.5, 0.6) is 0 Å². The molecule has 1 fully saturated rings. The number of carbonyl (C=O) groups is 3. The summed E-state index contributed by atoms with van der Waals surface area (Å²) >= 11 is 5.93. The zero-order valence-electron chi connectivity index (χ0n) is 12.5. The van der Waals surface area contributed by atoms with Gasteiger partial charge in [-0.2, -0.15) is 0 Å². The first kappa shape index (κ1) is 15.8. The number of fused-ring (bicyclic) bond motifs is 2. The summed E-state index contributed by atoms with van der Waals surface area (Å²) in [5.41, 5.74) is 0.804. The Morgan fingerprint density at radius 1 is 1.39 bits per heavy atom. The fraction of sp³-hybridized carbons (Fsp3) is 0.400. The number of hydrogen-bond acceptors (Lipinski definition) is 4. The highest BCUT2D eigenvalue weighted by molar-refractivity contribution is 6.31. The van der Waals surface area contributed by atoms with Gasteiger partial charge in [0.2, 0.25) is 11.8 Å². The van der Waals surface area contributed by atoms with Crippen LogP contribution in [0.4, 0.5) is 5.69 Å². The lowest BCUT2D eigenvalue weighted by atomic mass is 10.1. The normalized spacial score (nSPS) is 20.5. The maximum atomic E-state index is 12.7. The smallest absolute Gasteiger partial charge is 0.256 e. The molecule has 0 radical (unpaired) electrons. The van der Waals surface area contributed by atoms with Crippen molar-refractivity contribution < 1.29 is 19.1 Å². The van der Waals surface area contributed by atoms with Crippen LogP contribution in [0, 0.1) is 0 Å². The quantitative estimate of drug-likeness (QED) is 0.856. The van der Waals surface area contributed by atoms with E-state index in [4.69, 9.17) is 16.3 Å². The van der Waals surface area contributed by atoms with Crippen LogP contribution in [-0.2, 0) is 14.3 Å². The summed E-state index contributed by atoms with van der Waals surface area (Å²) in [6.07, 6.45) is 0. The second-order valence-electron chi connectivity index (χ2n) is 5.47. The highest BCUT2D eigenvalue weighted by Crippen LogP contribution is 2.27. The Labute approximate surface area is 138 Å². The molecular formula is C15H16ClN3O4. The monoisotopic (exact) mass is 337 g/mol. The largest absolute Gasteiger partial charge is 0.375 e. The van der Waals surface area contributed by atoms with Gasteiger partial charge in [-0.3, -0.25) is 14.4 Å². The molecule has 7 nitrogen and oxygen atoms in total. The highest BCUT2D eigenvalue weighted by Gasteiger charge is 2.40. The van der Waals surface area contributed by atoms with Gasteiger partial charge in [0.15, 0.2) is 0 Å². The maximum absolute atomic E-state index is 12.7. The Bertz CT molecular complexity index is 679. The topological polar surface area (TPSA) is 79.0 Å². The van der Waals surface area contributed by atoms with Gasteiger partial charge in [0.05, 0.1) is 17.8 Å². The summed E-state index contributed by atoms with van der Waals surface area (Å²) < 4.78 is 4.84. The van der Waals surface area contributed by atoms with Crippen molar-refractivity contribution >= 4 is 35.0 Å². The fourth-order valence-electron chi connectivity index (χ4n) is 2.87. The molecule has 1 aromatic carbocycles. The average Bonchev–Trinajstić information content (AvgIpc) is 2.63. The molecule has 0 saturated carbocycles. The lowest BCUT2D eigenvalue weighted by Gasteiger charge is -2.39. The van der Waals surface area contributed by atoms with Gasteiger partial charge in [0.1, 0.15) is 12.6 Å². The number of methoxy groups -OCH3 is 1. The number of benzene rings is 1. The van der Waals surface area contributed by atoms with Crippen LogP contribution in [0.15, 0.2) is 18.2 Å². The summed E-state index contributed by atoms with van der Waals surface area (Å²) in [6, 6.07) is 4.05. The van der Waals surface area contributed by atoms with E-state index in [-0.39, 0.29) is 30.9 Å². The third kappa shape index (κ3) is 2.89. The molecule has 1 unspecified atom stereocenters. The first-order chi connectivity index (χ1) is 11.0. The summed E-state index contributed by atoms with van der Waals surface area (Å²) in [7, 11) is 1.44. The number of halogens is 1. The van der Waals surface area contributed by atoms with Crippen molar-refractivity contribution in [3.05, 3.63) is 28.8 Å². The second kappa shape index (κ2) is 6.17. The van der Waals surface area contributed by atoms with Crippen molar-refractivity contribution in [2.45, 2.75) is 6.04 Å². The zero-order chi connectivity index (χ0) is 16.6. The molecule has 0 bridgehead atoms. The van der Waals surface area contributed by atoms with Gasteiger partial charge in [0.25, 0.3) is 5.91 Å². The van der Waals surface area contributed by atoms with Crippen LogP contribution in [0.1, 0.15) is 10.4 Å². The van der Waals surface area contributed by atoms with Crippen molar-refractivity contribution in [2.24, 2.45) is 0 Å². The van der Waals surface area contributed by atoms with E-state index in [1.165, 1.54) is 12.0 Å². The summed E-state index contributed by atoms with van der Waals surface area (Å²) in [5.74, 6) is -0.759. The fourth-order valence-corrected chi connectivity index (χ4v) is 3.04. The summed E-state index contributed by atoms with van der Waals surface area (Å²) in [5, 5.41) is 3.17. The molecular weight excluding hydrogens is 322 g/mol. The van der Waals surface area contributed by atoms with Gasteiger partial charge in [-0.1, -0.05) is 11.6 Å². The molecule has 2 aliphatic rings. The molecule has 3 amide bonds. The standard InChI is InChI=1S/C15H16ClN3O4/c1-23-8-13(20)18-4-5-19-12(7-18)14(21)17-11-6-9(16)2-3-10(11)15(19)22/h2-3,6,12H,4-5,7-8H2,1H3,(H,17,21). The maximum Gasteiger partial charge on any atom is 0.256 e. The van der Waals surface area contributed by atoms with Crippen LogP contribution in [0.2, 0.25) is 5.02 Å². The molecule has 23 heavy (non-hydrogen) atoms. The SMILES string of the molecule is COCC(=O)N1CCN2C(=O)c3ccc(Cl)cc3NC(=O)C2C1. The lowest BCUT2D eigenvalue weighted by Crippen LogP contribution is -2.59. The van der Waals surface area contributed by atoms with E-state index < -0.39 is 6.04 Å². The molecule has 1 atom stereocenters. The minimum atomic E-state index is -0.719. The number of piperazine rings is 1. The first-order valence-corrected chi connectivity index (χ1v) is 7.57. The second-order valence-corrected chi connectivity index (χ2v) is 5.90. The molecule has 0 aliphatic carbocycles. The Balaban J connectivity index is 1.88. The Morgan fingerprint density at radius 3 is 2.91 bits per heavy atom. The minimum Gasteiger partial charge on any atom is -0.375 e. The van der Waals surface area contributed by atoms with E-state index in [1.807, 2.05) is 0 Å². The number of rotatable bonds is 2.